The first-order chi connectivity index (χ1) is 7.38. The predicted octanol–water partition coefficient (Wildman–Crippen LogP) is 3.01. The van der Waals surface area contributed by atoms with Crippen molar-refractivity contribution in [2.45, 2.75) is 37.6 Å². The number of nitriles is 1. The van der Waals surface area contributed by atoms with Gasteiger partial charge in [-0.3, -0.25) is 0 Å². The van der Waals surface area contributed by atoms with Crippen molar-refractivity contribution < 1.29 is 0 Å². The summed E-state index contributed by atoms with van der Waals surface area (Å²) in [6.07, 6.45) is 5.23. The lowest BCUT2D eigenvalue weighted by Gasteiger charge is -2.25. The lowest BCUT2D eigenvalue weighted by molar-refractivity contribution is 0.422. The molecular weight excluding hydrogens is 184 g/mol. The van der Waals surface area contributed by atoms with Crippen molar-refractivity contribution in [3.63, 3.8) is 0 Å². The van der Waals surface area contributed by atoms with Crippen molar-refractivity contribution >= 4 is 5.69 Å². The SMILES string of the molecule is N#Cc1ccc2c(c1)C1CCCCC1N2. The number of hydrogen-bond acceptors (Lipinski definition) is 2. The molecule has 1 heterocycles. The van der Waals surface area contributed by atoms with Gasteiger partial charge in [-0.15, -0.1) is 0 Å². The van der Waals surface area contributed by atoms with Crippen LogP contribution in [0.5, 0.6) is 0 Å². The standard InChI is InChI=1S/C13H14N2/c14-8-9-5-6-13-11(7-9)10-3-1-2-4-12(10)15-13/h5-7,10,12,15H,1-4H2. The number of rotatable bonds is 0. The minimum atomic E-state index is 0.627. The molecule has 2 unspecified atom stereocenters. The molecule has 2 heteroatoms. The van der Waals surface area contributed by atoms with Gasteiger partial charge < -0.3 is 5.32 Å². The third kappa shape index (κ3) is 1.31. The second-order valence-electron chi connectivity index (χ2n) is 4.56. The molecule has 0 amide bonds. The highest BCUT2D eigenvalue weighted by atomic mass is 15.0. The monoisotopic (exact) mass is 198 g/mol. The molecule has 1 aromatic rings. The molecule has 1 N–H and O–H groups in total. The van der Waals surface area contributed by atoms with E-state index in [1.54, 1.807) is 0 Å². The number of fused-ring (bicyclic) bond motifs is 3. The van der Waals surface area contributed by atoms with E-state index in [0.29, 0.717) is 12.0 Å². The average Bonchev–Trinajstić information content (AvgIpc) is 2.66. The second-order valence-corrected chi connectivity index (χ2v) is 4.56. The van der Waals surface area contributed by atoms with Gasteiger partial charge in [-0.1, -0.05) is 12.8 Å². The summed E-state index contributed by atoms with van der Waals surface area (Å²) in [7, 11) is 0. The van der Waals surface area contributed by atoms with Crippen LogP contribution in [0.1, 0.15) is 42.7 Å². The van der Waals surface area contributed by atoms with E-state index in [9.17, 15) is 0 Å². The van der Waals surface area contributed by atoms with E-state index in [2.05, 4.69) is 23.5 Å². The highest BCUT2D eigenvalue weighted by Gasteiger charge is 2.33. The number of benzene rings is 1. The lowest BCUT2D eigenvalue weighted by Crippen LogP contribution is -2.23. The van der Waals surface area contributed by atoms with Crippen LogP contribution in [0.25, 0.3) is 0 Å². The van der Waals surface area contributed by atoms with E-state index >= 15 is 0 Å². The zero-order chi connectivity index (χ0) is 10.3. The normalized spacial score (nSPS) is 27.4. The Morgan fingerprint density at radius 1 is 1.27 bits per heavy atom. The molecule has 2 atom stereocenters. The molecule has 1 aliphatic carbocycles. The van der Waals surface area contributed by atoms with Gasteiger partial charge in [0.1, 0.15) is 0 Å². The summed E-state index contributed by atoms with van der Waals surface area (Å²) in [5.41, 5.74) is 3.42. The zero-order valence-electron chi connectivity index (χ0n) is 8.66. The number of nitrogens with one attached hydrogen (secondary N) is 1. The highest BCUT2D eigenvalue weighted by Crippen LogP contribution is 2.43. The van der Waals surface area contributed by atoms with Crippen molar-refractivity contribution in [3.05, 3.63) is 29.3 Å². The van der Waals surface area contributed by atoms with Gasteiger partial charge in [0.05, 0.1) is 11.6 Å². The molecule has 76 valence electrons. The molecule has 0 spiro atoms. The molecule has 0 bridgehead atoms. The number of anilines is 1. The van der Waals surface area contributed by atoms with Crippen LogP contribution >= 0.6 is 0 Å². The lowest BCUT2D eigenvalue weighted by atomic mass is 9.82. The third-order valence-corrected chi connectivity index (χ3v) is 3.69. The molecule has 0 radical (unpaired) electrons. The van der Waals surface area contributed by atoms with E-state index < -0.39 is 0 Å². The van der Waals surface area contributed by atoms with Crippen LogP contribution in [0.15, 0.2) is 18.2 Å². The van der Waals surface area contributed by atoms with E-state index in [1.165, 1.54) is 36.9 Å². The maximum atomic E-state index is 8.89. The Bertz CT molecular complexity index is 431. The van der Waals surface area contributed by atoms with Crippen molar-refractivity contribution in [3.8, 4) is 6.07 Å². The number of hydrogen-bond donors (Lipinski definition) is 1. The molecule has 1 aliphatic heterocycles. The summed E-state index contributed by atoms with van der Waals surface area (Å²) in [4.78, 5) is 0. The van der Waals surface area contributed by atoms with Crippen LogP contribution in [0.2, 0.25) is 0 Å². The maximum absolute atomic E-state index is 8.89. The quantitative estimate of drug-likeness (QED) is 0.695. The first-order valence-corrected chi connectivity index (χ1v) is 5.69. The minimum Gasteiger partial charge on any atom is -0.381 e. The van der Waals surface area contributed by atoms with Gasteiger partial charge in [-0.05, 0) is 36.6 Å². The van der Waals surface area contributed by atoms with Gasteiger partial charge in [0.15, 0.2) is 0 Å². The summed E-state index contributed by atoms with van der Waals surface area (Å²) in [6.45, 7) is 0. The van der Waals surface area contributed by atoms with Crippen molar-refractivity contribution in [1.29, 1.82) is 5.26 Å². The van der Waals surface area contributed by atoms with Gasteiger partial charge in [0, 0.05) is 17.6 Å². The van der Waals surface area contributed by atoms with Crippen LogP contribution in [-0.2, 0) is 0 Å². The Labute approximate surface area is 89.9 Å². The van der Waals surface area contributed by atoms with E-state index in [4.69, 9.17) is 5.26 Å². The molecule has 0 saturated heterocycles. The Kier molecular flexibility index (Phi) is 1.92. The Balaban J connectivity index is 2.02. The van der Waals surface area contributed by atoms with Gasteiger partial charge in [-0.2, -0.15) is 5.26 Å². The molecule has 3 rings (SSSR count). The fraction of sp³-hybridized carbons (Fsp3) is 0.462. The topological polar surface area (TPSA) is 35.8 Å². The largest absolute Gasteiger partial charge is 0.381 e. The smallest absolute Gasteiger partial charge is 0.0991 e. The van der Waals surface area contributed by atoms with Crippen LogP contribution in [-0.4, -0.2) is 6.04 Å². The van der Waals surface area contributed by atoms with Crippen LogP contribution in [0.4, 0.5) is 5.69 Å². The second kappa shape index (κ2) is 3.27. The van der Waals surface area contributed by atoms with Gasteiger partial charge >= 0.3 is 0 Å². The Morgan fingerprint density at radius 2 is 2.13 bits per heavy atom. The van der Waals surface area contributed by atoms with Gasteiger partial charge in [-0.25, -0.2) is 0 Å². The molecule has 1 saturated carbocycles. The fourth-order valence-electron chi connectivity index (χ4n) is 2.95. The molecule has 1 fully saturated rings. The zero-order valence-corrected chi connectivity index (χ0v) is 8.66. The van der Waals surface area contributed by atoms with Crippen LogP contribution in [0.3, 0.4) is 0 Å². The summed E-state index contributed by atoms with van der Waals surface area (Å²) in [6, 6.07) is 8.89. The summed E-state index contributed by atoms with van der Waals surface area (Å²) in [5, 5.41) is 12.5. The Morgan fingerprint density at radius 3 is 3.00 bits per heavy atom. The third-order valence-electron chi connectivity index (χ3n) is 3.69. The summed E-state index contributed by atoms with van der Waals surface area (Å²) < 4.78 is 0. The van der Waals surface area contributed by atoms with E-state index in [-0.39, 0.29) is 0 Å². The van der Waals surface area contributed by atoms with Crippen molar-refractivity contribution in [1.82, 2.24) is 0 Å². The van der Waals surface area contributed by atoms with Crippen molar-refractivity contribution in [2.24, 2.45) is 0 Å². The highest BCUT2D eigenvalue weighted by molar-refractivity contribution is 5.61. The van der Waals surface area contributed by atoms with Crippen LogP contribution in [0, 0.1) is 11.3 Å². The first-order valence-electron chi connectivity index (χ1n) is 5.69. The van der Waals surface area contributed by atoms with Gasteiger partial charge in [0.2, 0.25) is 0 Å². The maximum Gasteiger partial charge on any atom is 0.0991 e. The van der Waals surface area contributed by atoms with E-state index in [0.717, 1.165) is 5.56 Å². The van der Waals surface area contributed by atoms with E-state index in [1.807, 2.05) is 6.07 Å². The minimum absolute atomic E-state index is 0.627. The van der Waals surface area contributed by atoms with Gasteiger partial charge in [0.25, 0.3) is 0 Å². The molecule has 2 nitrogen and oxygen atoms in total. The fourth-order valence-corrected chi connectivity index (χ4v) is 2.95. The number of nitrogens with zero attached hydrogens (tertiary/aromatic N) is 1. The van der Waals surface area contributed by atoms with Crippen molar-refractivity contribution in [2.75, 3.05) is 5.32 Å². The molecule has 2 aliphatic rings. The van der Waals surface area contributed by atoms with Crippen LogP contribution < -0.4 is 5.32 Å². The molecule has 0 aromatic heterocycles. The average molecular weight is 198 g/mol. The summed E-state index contributed by atoms with van der Waals surface area (Å²) in [5.74, 6) is 0.655. The first kappa shape index (κ1) is 8.79. The Hall–Kier alpha value is -1.49. The predicted molar refractivity (Wildman–Crippen MR) is 59.8 cm³/mol. The molecule has 1 aromatic carbocycles. The molecular formula is C13H14N2. The molecule has 15 heavy (non-hydrogen) atoms. The summed E-state index contributed by atoms with van der Waals surface area (Å²) >= 11 is 0.